The van der Waals surface area contributed by atoms with E-state index in [9.17, 15) is 0 Å². The predicted octanol–water partition coefficient (Wildman–Crippen LogP) is 5.25. The van der Waals surface area contributed by atoms with E-state index in [4.69, 9.17) is 43.2 Å². The van der Waals surface area contributed by atoms with E-state index in [2.05, 4.69) is 14.6 Å². The van der Waals surface area contributed by atoms with Gasteiger partial charge in [0.15, 0.2) is 11.6 Å². The third-order valence-electron chi connectivity index (χ3n) is 7.63. The molecule has 0 radical (unpaired) electrons. The highest BCUT2D eigenvalue weighted by Crippen LogP contribution is 2.36. The second-order valence-electron chi connectivity index (χ2n) is 11.7. The highest BCUT2D eigenvalue weighted by molar-refractivity contribution is 5.89. The summed E-state index contributed by atoms with van der Waals surface area (Å²) in [5, 5.41) is 9.31. The highest BCUT2D eigenvalue weighted by atomic mass is 16.7. The zero-order valence-electron chi connectivity index (χ0n) is 27.3. The molecule has 12 heteroatoms. The Morgan fingerprint density at radius 3 is 1.96 bits per heavy atom. The zero-order valence-corrected chi connectivity index (χ0v) is 27.3. The quantitative estimate of drug-likeness (QED) is 0.195. The van der Waals surface area contributed by atoms with Crippen molar-refractivity contribution in [1.29, 1.82) is 0 Å². The molecular weight excluding hydrogens is 578 g/mol. The van der Waals surface area contributed by atoms with Gasteiger partial charge in [0.1, 0.15) is 34.0 Å². The molecule has 1 aliphatic rings. The summed E-state index contributed by atoms with van der Waals surface area (Å²) in [6.45, 7) is 10.4. The molecule has 0 atom stereocenters. The molecule has 0 saturated carbocycles. The van der Waals surface area contributed by atoms with Gasteiger partial charge in [0.2, 0.25) is 0 Å². The summed E-state index contributed by atoms with van der Waals surface area (Å²) >= 11 is 0. The van der Waals surface area contributed by atoms with E-state index >= 15 is 0 Å². The number of benzene rings is 2. The maximum absolute atomic E-state index is 6.16. The third kappa shape index (κ3) is 7.34. The van der Waals surface area contributed by atoms with E-state index in [1.807, 2.05) is 70.4 Å². The average molecular weight is 622 g/mol. The molecule has 2 aromatic heterocycles. The van der Waals surface area contributed by atoms with Gasteiger partial charge in [-0.25, -0.2) is 4.98 Å². The maximum Gasteiger partial charge on any atom is 0.260 e. The minimum atomic E-state index is -0.594. The first-order chi connectivity index (χ1) is 21.6. The van der Waals surface area contributed by atoms with Crippen LogP contribution in [-0.4, -0.2) is 73.3 Å². The Morgan fingerprint density at radius 2 is 1.44 bits per heavy atom. The van der Waals surface area contributed by atoms with Gasteiger partial charge in [0.05, 0.1) is 54.1 Å². The number of aromatic nitrogens is 4. The number of ether oxygens (including phenoxy) is 7. The second kappa shape index (κ2) is 13.8. The Morgan fingerprint density at radius 1 is 0.867 bits per heavy atom. The van der Waals surface area contributed by atoms with Gasteiger partial charge >= 0.3 is 0 Å². The molecule has 45 heavy (non-hydrogen) atoms. The maximum atomic E-state index is 6.16. The van der Waals surface area contributed by atoms with Gasteiger partial charge in [-0.1, -0.05) is 0 Å². The number of hydrogen-bond acceptors (Lipinski definition) is 11. The number of anilines is 1. The van der Waals surface area contributed by atoms with Crippen molar-refractivity contribution in [3.05, 3.63) is 53.9 Å². The van der Waals surface area contributed by atoms with E-state index in [1.165, 1.54) is 0 Å². The number of fused-ring (bicyclic) bond motifs is 1. The van der Waals surface area contributed by atoms with Crippen molar-refractivity contribution in [3.63, 3.8) is 0 Å². The van der Waals surface area contributed by atoms with Crippen LogP contribution in [0.5, 0.6) is 28.9 Å². The number of rotatable bonds is 13. The van der Waals surface area contributed by atoms with E-state index in [0.717, 1.165) is 16.6 Å². The fourth-order valence-electron chi connectivity index (χ4n) is 5.30. The lowest BCUT2D eigenvalue weighted by molar-refractivity contribution is -0.263. The van der Waals surface area contributed by atoms with Crippen LogP contribution in [-0.2, 0) is 29.1 Å². The van der Waals surface area contributed by atoms with Gasteiger partial charge in [-0.05, 0) is 52.0 Å². The van der Waals surface area contributed by atoms with Crippen LogP contribution in [0.4, 0.5) is 5.82 Å². The minimum absolute atomic E-state index is 0.109. The van der Waals surface area contributed by atoms with E-state index in [-0.39, 0.29) is 12.0 Å². The van der Waals surface area contributed by atoms with Crippen LogP contribution in [0.2, 0.25) is 0 Å². The number of methoxy groups -OCH3 is 4. The molecule has 3 heterocycles. The lowest BCUT2D eigenvalue weighted by Gasteiger charge is -2.35. The van der Waals surface area contributed by atoms with Gasteiger partial charge in [-0.2, -0.15) is 0 Å². The molecule has 0 N–H and O–H groups in total. The van der Waals surface area contributed by atoms with Crippen LogP contribution in [0.1, 0.15) is 38.8 Å². The van der Waals surface area contributed by atoms with Crippen LogP contribution in [0.25, 0.3) is 11.0 Å². The average Bonchev–Trinajstić information content (AvgIpc) is 3.46. The minimum Gasteiger partial charge on any atom is -0.497 e. The molecule has 0 spiro atoms. The fourth-order valence-corrected chi connectivity index (χ4v) is 5.30. The molecule has 0 unspecified atom stereocenters. The summed E-state index contributed by atoms with van der Waals surface area (Å²) in [6.07, 6.45) is 1.70. The first kappa shape index (κ1) is 32.1. The first-order valence-corrected chi connectivity index (χ1v) is 15.0. The van der Waals surface area contributed by atoms with Crippen molar-refractivity contribution in [2.24, 2.45) is 5.92 Å². The van der Waals surface area contributed by atoms with Crippen LogP contribution < -0.4 is 28.6 Å². The zero-order chi connectivity index (χ0) is 32.1. The normalized spacial score (nSPS) is 14.9. The number of imidazole rings is 1. The van der Waals surface area contributed by atoms with Crippen molar-refractivity contribution in [2.75, 3.05) is 46.6 Å². The van der Waals surface area contributed by atoms with Crippen molar-refractivity contribution in [1.82, 2.24) is 19.7 Å². The Kier molecular flexibility index (Phi) is 9.83. The standard InChI is InChI=1S/C33H43N5O7/c1-21(2)45-32-30-29(34-20-38(30)15-22-18-43-33(3,4)44-19-22)31(35-36-32)37(16-23-9-11-25(39-5)13-27(23)41-7)17-24-10-12-26(40-6)14-28(24)42-8/h9-14,20-22H,15-19H2,1-8H3. The van der Waals surface area contributed by atoms with Gasteiger partial charge in [-0.15, -0.1) is 10.2 Å². The molecule has 4 aromatic rings. The third-order valence-corrected chi connectivity index (χ3v) is 7.63. The number of nitrogens with zero attached hydrogens (tertiary/aromatic N) is 5. The molecular formula is C33H43N5O7. The summed E-state index contributed by atoms with van der Waals surface area (Å²) in [7, 11) is 6.55. The van der Waals surface area contributed by atoms with Crippen molar-refractivity contribution < 1.29 is 33.2 Å². The monoisotopic (exact) mass is 621 g/mol. The van der Waals surface area contributed by atoms with Crippen LogP contribution in [0.3, 0.4) is 0 Å². The molecule has 2 aromatic carbocycles. The summed E-state index contributed by atoms with van der Waals surface area (Å²) in [4.78, 5) is 6.99. The number of hydrogen-bond donors (Lipinski definition) is 0. The Labute approximate surface area is 264 Å². The van der Waals surface area contributed by atoms with Gasteiger partial charge in [-0.3, -0.25) is 0 Å². The van der Waals surface area contributed by atoms with Crippen molar-refractivity contribution >= 4 is 16.9 Å². The molecule has 12 nitrogen and oxygen atoms in total. The smallest absolute Gasteiger partial charge is 0.260 e. The van der Waals surface area contributed by atoms with Crippen molar-refractivity contribution in [3.8, 4) is 28.9 Å². The largest absolute Gasteiger partial charge is 0.497 e. The topological polar surface area (TPSA) is 111 Å². The summed E-state index contributed by atoms with van der Waals surface area (Å²) in [5.41, 5.74) is 3.29. The van der Waals surface area contributed by atoms with E-state index in [0.29, 0.717) is 73.1 Å². The molecule has 1 aliphatic heterocycles. The van der Waals surface area contributed by atoms with Crippen LogP contribution in [0.15, 0.2) is 42.7 Å². The molecule has 5 rings (SSSR count). The SMILES string of the molecule is COc1ccc(CN(Cc2ccc(OC)cc2OC)c2nnc(OC(C)C)c3c2ncn3CC2COC(C)(C)OC2)c(OC)c1. The van der Waals surface area contributed by atoms with Crippen molar-refractivity contribution in [2.45, 2.75) is 59.2 Å². The Balaban J connectivity index is 1.60. The van der Waals surface area contributed by atoms with Crippen LogP contribution in [0, 0.1) is 5.92 Å². The lowest BCUT2D eigenvalue weighted by atomic mass is 10.1. The summed E-state index contributed by atoms with van der Waals surface area (Å²) in [6, 6.07) is 11.5. The van der Waals surface area contributed by atoms with Gasteiger partial charge < -0.3 is 42.6 Å². The van der Waals surface area contributed by atoms with E-state index in [1.54, 1.807) is 28.4 Å². The Hall–Kier alpha value is -4.29. The van der Waals surface area contributed by atoms with Gasteiger partial charge in [0.25, 0.3) is 5.88 Å². The summed E-state index contributed by atoms with van der Waals surface area (Å²) < 4.78 is 42.5. The molecule has 0 amide bonds. The lowest BCUT2D eigenvalue weighted by Crippen LogP contribution is -2.40. The van der Waals surface area contributed by atoms with E-state index < -0.39 is 5.79 Å². The molecule has 1 fully saturated rings. The van der Waals surface area contributed by atoms with Gasteiger partial charge in [0, 0.05) is 48.8 Å². The van der Waals surface area contributed by atoms with Crippen LogP contribution >= 0.6 is 0 Å². The fraction of sp³-hybridized carbons (Fsp3) is 0.485. The molecule has 242 valence electrons. The summed E-state index contributed by atoms with van der Waals surface area (Å²) in [5.74, 6) is 3.33. The molecule has 0 bridgehead atoms. The second-order valence-corrected chi connectivity index (χ2v) is 11.7. The molecule has 1 saturated heterocycles. The first-order valence-electron chi connectivity index (χ1n) is 15.0. The highest BCUT2D eigenvalue weighted by Gasteiger charge is 2.30. The molecule has 0 aliphatic carbocycles. The Bertz CT molecular complexity index is 1540. The predicted molar refractivity (Wildman–Crippen MR) is 170 cm³/mol.